The van der Waals surface area contributed by atoms with Crippen LogP contribution in [0.25, 0.3) is 0 Å². The van der Waals surface area contributed by atoms with E-state index in [2.05, 4.69) is 0 Å². The second-order valence-corrected chi connectivity index (χ2v) is 5.91. The lowest BCUT2D eigenvalue weighted by Gasteiger charge is -2.32. The number of methoxy groups -OCH3 is 1. The van der Waals surface area contributed by atoms with Crippen LogP contribution in [0, 0.1) is 0 Å². The lowest BCUT2D eigenvalue weighted by Crippen LogP contribution is -2.41. The van der Waals surface area contributed by atoms with Crippen molar-refractivity contribution in [3.05, 3.63) is 23.8 Å². The summed E-state index contributed by atoms with van der Waals surface area (Å²) in [7, 11) is 0.972. The van der Waals surface area contributed by atoms with E-state index in [-0.39, 0.29) is 0 Å². The molecule has 1 saturated heterocycles. The molecule has 1 aliphatic rings. The summed E-state index contributed by atoms with van der Waals surface area (Å²) < 4.78 is 17.0. The molecule has 0 atom stereocenters. The predicted molar refractivity (Wildman–Crippen MR) is 77.2 cm³/mol. The van der Waals surface area contributed by atoms with Crippen LogP contribution in [0.15, 0.2) is 18.2 Å². The van der Waals surface area contributed by atoms with E-state index in [0.29, 0.717) is 11.3 Å². The Kier molecular flexibility index (Phi) is 3.56. The molecule has 1 heterocycles. The van der Waals surface area contributed by atoms with Crippen LogP contribution in [-0.4, -0.2) is 31.3 Å². The number of benzene rings is 1. The zero-order valence-electron chi connectivity index (χ0n) is 12.5. The Bertz CT molecular complexity index is 526. The minimum absolute atomic E-state index is 0.319. The lowest BCUT2D eigenvalue weighted by molar-refractivity contribution is 0.00578. The molecule has 0 saturated carbocycles. The topological polar surface area (TPSA) is 70.8 Å². The van der Waals surface area contributed by atoms with Gasteiger partial charge < -0.3 is 19.8 Å². The third-order valence-corrected chi connectivity index (χ3v) is 4.01. The number of ether oxygens (including phenoxy) is 1. The quantitative estimate of drug-likeness (QED) is 0.840. The van der Waals surface area contributed by atoms with Gasteiger partial charge in [0.05, 0.1) is 23.9 Å². The Morgan fingerprint density at radius 2 is 1.75 bits per heavy atom. The third kappa shape index (κ3) is 2.41. The summed E-state index contributed by atoms with van der Waals surface area (Å²) in [4.78, 5) is 11.5. The molecule has 1 aromatic carbocycles. The summed E-state index contributed by atoms with van der Waals surface area (Å²) in [5, 5.41) is 0. The molecule has 5 nitrogen and oxygen atoms in total. The van der Waals surface area contributed by atoms with Gasteiger partial charge in [-0.15, -0.1) is 0 Å². The first kappa shape index (κ1) is 14.9. The minimum Gasteiger partial charge on any atom is -0.496 e. The molecule has 108 valence electrons. The number of hydrogen-bond donors (Lipinski definition) is 1. The molecule has 0 aromatic heterocycles. The Morgan fingerprint density at radius 1 is 1.20 bits per heavy atom. The van der Waals surface area contributed by atoms with Crippen LogP contribution in [0.2, 0.25) is 0 Å². The third-order valence-electron chi connectivity index (χ3n) is 4.01. The van der Waals surface area contributed by atoms with E-state index in [1.54, 1.807) is 12.1 Å². The van der Waals surface area contributed by atoms with Crippen molar-refractivity contribution in [3.63, 3.8) is 0 Å². The second kappa shape index (κ2) is 4.79. The molecule has 1 fully saturated rings. The highest BCUT2D eigenvalue weighted by Crippen LogP contribution is 2.36. The average Bonchev–Trinajstić information content (AvgIpc) is 2.57. The standard InChI is InChI=1S/C14H20BNO4/c1-13(2)14(3,4)20-15(19-13)9-6-7-11(18-5)10(8-9)12(16)17/h6-8H,1-5H3,(H2,16,17). The van der Waals surface area contributed by atoms with Crippen molar-refractivity contribution in [1.29, 1.82) is 0 Å². The first-order valence-electron chi connectivity index (χ1n) is 6.51. The molecule has 2 N–H and O–H groups in total. The first-order valence-corrected chi connectivity index (χ1v) is 6.51. The molecular weight excluding hydrogens is 257 g/mol. The zero-order valence-corrected chi connectivity index (χ0v) is 12.5. The Balaban J connectivity index is 2.36. The summed E-state index contributed by atoms with van der Waals surface area (Å²) in [6.07, 6.45) is 0. The second-order valence-electron chi connectivity index (χ2n) is 5.91. The lowest BCUT2D eigenvalue weighted by atomic mass is 9.78. The van der Waals surface area contributed by atoms with Gasteiger partial charge in [0.1, 0.15) is 5.75 Å². The van der Waals surface area contributed by atoms with Crippen molar-refractivity contribution < 1.29 is 18.8 Å². The number of rotatable bonds is 3. The highest BCUT2D eigenvalue weighted by molar-refractivity contribution is 6.62. The fraction of sp³-hybridized carbons (Fsp3) is 0.500. The molecule has 0 spiro atoms. The molecule has 20 heavy (non-hydrogen) atoms. The molecule has 0 unspecified atom stereocenters. The highest BCUT2D eigenvalue weighted by Gasteiger charge is 2.51. The summed E-state index contributed by atoms with van der Waals surface area (Å²) >= 11 is 0. The van der Waals surface area contributed by atoms with E-state index in [0.717, 1.165) is 5.46 Å². The molecule has 2 rings (SSSR count). The van der Waals surface area contributed by atoms with Gasteiger partial charge in [-0.05, 0) is 45.3 Å². The van der Waals surface area contributed by atoms with Gasteiger partial charge in [-0.2, -0.15) is 0 Å². The SMILES string of the molecule is COc1ccc(B2OC(C)(C)C(C)(C)O2)cc1C(N)=O. The maximum atomic E-state index is 11.5. The van der Waals surface area contributed by atoms with Crippen LogP contribution in [0.1, 0.15) is 38.1 Å². The Morgan fingerprint density at radius 3 is 2.20 bits per heavy atom. The molecule has 6 heteroatoms. The van der Waals surface area contributed by atoms with Gasteiger partial charge in [-0.1, -0.05) is 6.07 Å². The van der Waals surface area contributed by atoms with Crippen molar-refractivity contribution in [2.24, 2.45) is 5.73 Å². The molecule has 1 aliphatic heterocycles. The molecule has 0 radical (unpaired) electrons. The van der Waals surface area contributed by atoms with Crippen molar-refractivity contribution in [3.8, 4) is 5.75 Å². The van der Waals surface area contributed by atoms with Gasteiger partial charge in [0.25, 0.3) is 5.91 Å². The number of amides is 1. The minimum atomic E-state index is -0.541. The van der Waals surface area contributed by atoms with Gasteiger partial charge in [0.2, 0.25) is 0 Å². The normalized spacial score (nSPS) is 19.9. The van der Waals surface area contributed by atoms with E-state index in [9.17, 15) is 4.79 Å². The van der Waals surface area contributed by atoms with Crippen molar-refractivity contribution >= 4 is 18.5 Å². The van der Waals surface area contributed by atoms with E-state index in [1.165, 1.54) is 7.11 Å². The molecule has 0 aliphatic carbocycles. The molecule has 1 aromatic rings. The average molecular weight is 277 g/mol. The van der Waals surface area contributed by atoms with E-state index < -0.39 is 24.2 Å². The maximum absolute atomic E-state index is 11.5. The number of nitrogens with two attached hydrogens (primary N) is 1. The van der Waals surface area contributed by atoms with Gasteiger partial charge in [-0.25, -0.2) is 0 Å². The number of carbonyl (C=O) groups excluding carboxylic acids is 1. The van der Waals surface area contributed by atoms with Crippen LogP contribution in [0.4, 0.5) is 0 Å². The number of hydrogen-bond acceptors (Lipinski definition) is 4. The van der Waals surface area contributed by atoms with E-state index >= 15 is 0 Å². The smallest absolute Gasteiger partial charge is 0.494 e. The first-order chi connectivity index (χ1) is 9.18. The Hall–Kier alpha value is -1.53. The largest absolute Gasteiger partial charge is 0.496 e. The van der Waals surface area contributed by atoms with Crippen molar-refractivity contribution in [2.45, 2.75) is 38.9 Å². The van der Waals surface area contributed by atoms with Crippen molar-refractivity contribution in [2.75, 3.05) is 7.11 Å². The molecule has 0 bridgehead atoms. The van der Waals surface area contributed by atoms with Crippen molar-refractivity contribution in [1.82, 2.24) is 0 Å². The number of primary amides is 1. The maximum Gasteiger partial charge on any atom is 0.494 e. The Labute approximate surface area is 119 Å². The molecule has 1 amide bonds. The fourth-order valence-electron chi connectivity index (χ4n) is 2.04. The van der Waals surface area contributed by atoms with Crippen LogP contribution >= 0.6 is 0 Å². The monoisotopic (exact) mass is 277 g/mol. The van der Waals surface area contributed by atoms with Gasteiger partial charge in [-0.3, -0.25) is 4.79 Å². The summed E-state index contributed by atoms with van der Waals surface area (Å²) in [6, 6.07) is 5.16. The van der Waals surface area contributed by atoms with E-state index in [4.69, 9.17) is 19.8 Å². The highest BCUT2D eigenvalue weighted by atomic mass is 16.7. The summed E-state index contributed by atoms with van der Waals surface area (Å²) in [5.41, 5.74) is 5.58. The fourth-order valence-corrected chi connectivity index (χ4v) is 2.04. The van der Waals surface area contributed by atoms with E-state index in [1.807, 2.05) is 33.8 Å². The van der Waals surface area contributed by atoms with Crippen LogP contribution in [-0.2, 0) is 9.31 Å². The predicted octanol–water partition coefficient (Wildman–Crippen LogP) is 1.09. The zero-order chi connectivity index (χ0) is 15.1. The van der Waals surface area contributed by atoms with Crippen LogP contribution in [0.5, 0.6) is 5.75 Å². The van der Waals surface area contributed by atoms with Crippen LogP contribution in [0.3, 0.4) is 0 Å². The van der Waals surface area contributed by atoms with Gasteiger partial charge in [0, 0.05) is 0 Å². The summed E-state index contributed by atoms with van der Waals surface area (Å²) in [6.45, 7) is 7.91. The number of carbonyl (C=O) groups is 1. The van der Waals surface area contributed by atoms with Gasteiger partial charge >= 0.3 is 7.12 Å². The summed E-state index contributed by atoms with van der Waals surface area (Å²) in [5.74, 6) is -0.0991. The van der Waals surface area contributed by atoms with Crippen LogP contribution < -0.4 is 15.9 Å². The molecular formula is C14H20BNO4. The van der Waals surface area contributed by atoms with Gasteiger partial charge in [0.15, 0.2) is 0 Å².